The number of para-hydroxylation sites is 1. The van der Waals surface area contributed by atoms with Gasteiger partial charge in [0.15, 0.2) is 0 Å². The molecule has 20 aromatic rings. The van der Waals surface area contributed by atoms with Gasteiger partial charge >= 0.3 is 0 Å². The molecule has 20 rings (SSSR count). The number of benzene rings is 16. The smallest absolute Gasteiger partial charge is 0.137 e. The van der Waals surface area contributed by atoms with Crippen LogP contribution in [-0.4, -0.2) is 0 Å². The van der Waals surface area contributed by atoms with Crippen molar-refractivity contribution in [1.29, 1.82) is 0 Å². The van der Waals surface area contributed by atoms with Gasteiger partial charge in [-0.1, -0.05) is 194 Å². The second-order valence-electron chi connectivity index (χ2n) is 25.1. The first-order chi connectivity index (χ1) is 47.5. The van der Waals surface area contributed by atoms with E-state index >= 15 is 0 Å². The standard InChI is InChI=1S/C90H54N2O4/c1-3-15-55(16-4-1)59-31-40-73-76-43-38-66(53-87(76)95-84(73)49-59)92(67-39-44-77-74-41-32-60(56-17-5-2-6-18-56)50-85(74)96-88(77)54-67)81-48-61-20-8-10-23-70(61)90-71(26-14-27-79(81)90)62-33-46-83-80(47-62)78-45-37-65(52-89(78)94-83)91(64-36-42-75-72-24-11-12-28-82(72)93-86(75)51-64)63-34-29-58(30-35-63)69-25-13-21-57-19-7-9-22-68(57)69/h1-54H. The number of anilines is 6. The van der Waals surface area contributed by atoms with Gasteiger partial charge in [-0.3, -0.25) is 0 Å². The molecule has 448 valence electrons. The van der Waals surface area contributed by atoms with Crippen LogP contribution >= 0.6 is 0 Å². The van der Waals surface area contributed by atoms with Crippen molar-refractivity contribution < 1.29 is 17.7 Å². The number of nitrogens with zero attached hydrogens (tertiary/aromatic N) is 2. The van der Waals surface area contributed by atoms with Crippen LogP contribution in [0.15, 0.2) is 345 Å². The molecule has 0 aliphatic rings. The van der Waals surface area contributed by atoms with E-state index in [0.29, 0.717) is 0 Å². The molecule has 0 radical (unpaired) electrons. The van der Waals surface area contributed by atoms with Gasteiger partial charge in [0.2, 0.25) is 0 Å². The second-order valence-corrected chi connectivity index (χ2v) is 25.1. The van der Waals surface area contributed by atoms with E-state index in [0.717, 1.165) is 182 Å². The first kappa shape index (κ1) is 53.7. The summed E-state index contributed by atoms with van der Waals surface area (Å²) in [6.07, 6.45) is 0. The van der Waals surface area contributed by atoms with E-state index in [4.69, 9.17) is 17.7 Å². The summed E-state index contributed by atoms with van der Waals surface area (Å²) in [6, 6.07) is 117. The van der Waals surface area contributed by atoms with E-state index in [1.54, 1.807) is 0 Å². The maximum Gasteiger partial charge on any atom is 0.137 e. The molecular weight excluding hydrogens is 1170 g/mol. The third kappa shape index (κ3) is 8.66. The highest BCUT2D eigenvalue weighted by Gasteiger charge is 2.24. The van der Waals surface area contributed by atoms with E-state index in [2.05, 4.69) is 325 Å². The fourth-order valence-electron chi connectivity index (χ4n) is 15.1. The average Bonchev–Trinajstić information content (AvgIpc) is 1.10. The molecule has 0 unspecified atom stereocenters. The Morgan fingerprint density at radius 1 is 0.177 bits per heavy atom. The van der Waals surface area contributed by atoms with E-state index < -0.39 is 0 Å². The molecule has 16 aromatic carbocycles. The molecule has 0 atom stereocenters. The lowest BCUT2D eigenvalue weighted by atomic mass is 9.91. The van der Waals surface area contributed by atoms with Crippen molar-refractivity contribution in [2.75, 3.05) is 9.80 Å². The summed E-state index contributed by atoms with van der Waals surface area (Å²) in [6.45, 7) is 0. The lowest BCUT2D eigenvalue weighted by Gasteiger charge is -2.28. The van der Waals surface area contributed by atoms with Crippen LogP contribution in [0.2, 0.25) is 0 Å². The van der Waals surface area contributed by atoms with Crippen LogP contribution in [0.1, 0.15) is 0 Å². The van der Waals surface area contributed by atoms with Gasteiger partial charge in [-0.2, -0.15) is 0 Å². The highest BCUT2D eigenvalue weighted by Crippen LogP contribution is 2.49. The molecule has 0 bridgehead atoms. The van der Waals surface area contributed by atoms with Gasteiger partial charge in [0, 0.05) is 101 Å². The lowest BCUT2D eigenvalue weighted by molar-refractivity contribution is 0.668. The molecule has 0 aliphatic heterocycles. The fourth-order valence-corrected chi connectivity index (χ4v) is 15.1. The zero-order chi connectivity index (χ0) is 63.0. The Hall–Kier alpha value is -12.9. The third-order valence-electron chi connectivity index (χ3n) is 19.6. The van der Waals surface area contributed by atoms with Gasteiger partial charge in [-0.05, 0) is 181 Å². The van der Waals surface area contributed by atoms with Crippen LogP contribution < -0.4 is 9.80 Å². The molecule has 0 amide bonds. The number of rotatable bonds is 10. The molecule has 0 aliphatic carbocycles. The molecule has 4 aromatic heterocycles. The predicted octanol–water partition coefficient (Wildman–Crippen LogP) is 26.4. The van der Waals surface area contributed by atoms with Crippen LogP contribution in [0.25, 0.3) is 165 Å². The molecule has 96 heavy (non-hydrogen) atoms. The highest BCUT2D eigenvalue weighted by atomic mass is 16.3. The summed E-state index contributed by atoms with van der Waals surface area (Å²) < 4.78 is 27.2. The molecular formula is C90H54N2O4. The summed E-state index contributed by atoms with van der Waals surface area (Å²) in [5.74, 6) is 0. The Balaban J connectivity index is 0.731. The number of hydrogen-bond donors (Lipinski definition) is 0. The molecule has 0 saturated heterocycles. The summed E-state index contributed by atoms with van der Waals surface area (Å²) in [7, 11) is 0. The number of furan rings is 4. The SMILES string of the molecule is c1ccc(-c2ccc3c(c2)oc2cc(N(c4ccc5c(c4)oc4cc(-c6ccccc6)ccc45)c4cc5ccccc5c5c(-c6ccc7oc8cc(N(c9ccc(-c%10cccc%11ccccc%10%11)cc9)c9ccc%10c(c9)oc9ccccc9%10)ccc8c7c6)cccc45)ccc23)cc1. The van der Waals surface area contributed by atoms with Crippen molar-refractivity contribution >= 4 is 154 Å². The third-order valence-corrected chi connectivity index (χ3v) is 19.6. The van der Waals surface area contributed by atoms with Crippen molar-refractivity contribution in [3.8, 4) is 44.5 Å². The van der Waals surface area contributed by atoms with Crippen molar-refractivity contribution in [2.24, 2.45) is 0 Å². The van der Waals surface area contributed by atoms with Crippen LogP contribution in [0.3, 0.4) is 0 Å². The topological polar surface area (TPSA) is 59.0 Å². The first-order valence-corrected chi connectivity index (χ1v) is 32.6. The fraction of sp³-hybridized carbons (Fsp3) is 0. The van der Waals surface area contributed by atoms with Gasteiger partial charge in [0.05, 0.1) is 5.69 Å². The highest BCUT2D eigenvalue weighted by molar-refractivity contribution is 6.21. The molecule has 0 saturated carbocycles. The summed E-state index contributed by atoms with van der Waals surface area (Å²) in [5, 5.41) is 15.4. The molecule has 6 heteroatoms. The second kappa shape index (κ2) is 21.3. The monoisotopic (exact) mass is 1230 g/mol. The van der Waals surface area contributed by atoms with Gasteiger partial charge in [0.1, 0.15) is 44.7 Å². The van der Waals surface area contributed by atoms with E-state index in [9.17, 15) is 0 Å². The lowest BCUT2D eigenvalue weighted by Crippen LogP contribution is -2.10. The van der Waals surface area contributed by atoms with Crippen LogP contribution in [0.4, 0.5) is 34.1 Å². The van der Waals surface area contributed by atoms with Crippen molar-refractivity contribution in [2.45, 2.75) is 0 Å². The molecule has 4 heterocycles. The van der Waals surface area contributed by atoms with Crippen molar-refractivity contribution in [3.05, 3.63) is 328 Å². The minimum absolute atomic E-state index is 0.791. The van der Waals surface area contributed by atoms with Crippen LogP contribution in [0, 0.1) is 0 Å². The minimum Gasteiger partial charge on any atom is -0.456 e. The molecule has 0 N–H and O–H groups in total. The Kier molecular flexibility index (Phi) is 11.9. The minimum atomic E-state index is 0.791. The Morgan fingerprint density at radius 3 is 1.18 bits per heavy atom. The summed E-state index contributed by atoms with van der Waals surface area (Å²) in [5.41, 5.74) is 21.5. The Morgan fingerprint density at radius 2 is 0.573 bits per heavy atom. The summed E-state index contributed by atoms with van der Waals surface area (Å²) >= 11 is 0. The van der Waals surface area contributed by atoms with Crippen LogP contribution in [-0.2, 0) is 0 Å². The quantitative estimate of drug-likeness (QED) is 0.127. The molecule has 6 nitrogen and oxygen atoms in total. The van der Waals surface area contributed by atoms with Crippen molar-refractivity contribution in [1.82, 2.24) is 0 Å². The van der Waals surface area contributed by atoms with Gasteiger partial charge in [-0.15, -0.1) is 0 Å². The zero-order valence-electron chi connectivity index (χ0n) is 51.7. The van der Waals surface area contributed by atoms with E-state index in [-0.39, 0.29) is 0 Å². The average molecular weight is 1230 g/mol. The number of hydrogen-bond acceptors (Lipinski definition) is 6. The van der Waals surface area contributed by atoms with Gasteiger partial charge in [-0.25, -0.2) is 0 Å². The van der Waals surface area contributed by atoms with Crippen molar-refractivity contribution in [3.63, 3.8) is 0 Å². The number of fused-ring (bicyclic) bond motifs is 16. The van der Waals surface area contributed by atoms with E-state index in [1.165, 1.54) is 16.3 Å². The predicted molar refractivity (Wildman–Crippen MR) is 399 cm³/mol. The van der Waals surface area contributed by atoms with Crippen LogP contribution in [0.5, 0.6) is 0 Å². The normalized spacial score (nSPS) is 12.0. The maximum absolute atomic E-state index is 6.92. The first-order valence-electron chi connectivity index (χ1n) is 32.6. The Labute approximate surface area is 550 Å². The summed E-state index contributed by atoms with van der Waals surface area (Å²) in [4.78, 5) is 4.68. The maximum atomic E-state index is 6.92. The van der Waals surface area contributed by atoms with Gasteiger partial charge < -0.3 is 27.5 Å². The largest absolute Gasteiger partial charge is 0.456 e. The zero-order valence-corrected chi connectivity index (χ0v) is 51.7. The molecule has 0 fully saturated rings. The molecule has 0 spiro atoms. The van der Waals surface area contributed by atoms with Gasteiger partial charge in [0.25, 0.3) is 0 Å². The Bertz CT molecular complexity index is 6370. The van der Waals surface area contributed by atoms with E-state index in [1.807, 2.05) is 12.1 Å².